The van der Waals surface area contributed by atoms with Crippen molar-refractivity contribution in [3.63, 3.8) is 0 Å². The number of likely N-dealkylation sites (N-methyl/N-ethyl adjacent to an activating group) is 1. The number of hydrogen-bond acceptors (Lipinski definition) is 2. The van der Waals surface area contributed by atoms with Gasteiger partial charge < -0.3 is 4.90 Å². The number of benzene rings is 1. The second-order valence-corrected chi connectivity index (χ2v) is 5.79. The Kier molecular flexibility index (Phi) is 4.59. The van der Waals surface area contributed by atoms with Crippen molar-refractivity contribution in [2.75, 3.05) is 25.0 Å². The van der Waals surface area contributed by atoms with Gasteiger partial charge in [0.2, 0.25) is 5.91 Å². The minimum atomic E-state index is 0.0546. The third-order valence-electron chi connectivity index (χ3n) is 3.84. The van der Waals surface area contributed by atoms with Gasteiger partial charge in [-0.25, -0.2) is 0 Å². The van der Waals surface area contributed by atoms with Gasteiger partial charge in [-0.05, 0) is 44.5 Å². The lowest BCUT2D eigenvalue weighted by Crippen LogP contribution is -2.40. The largest absolute Gasteiger partial charge is 0.311 e. The average Bonchev–Trinajstić information content (AvgIpc) is 2.79. The Balaban J connectivity index is 1.98. The minimum Gasteiger partial charge on any atom is -0.311 e. The van der Waals surface area contributed by atoms with Crippen molar-refractivity contribution in [2.24, 2.45) is 5.92 Å². The molecule has 1 aromatic carbocycles. The molecular weight excluding hydrogens is 236 g/mol. The Labute approximate surface area is 116 Å². The van der Waals surface area contributed by atoms with Gasteiger partial charge in [0.25, 0.3) is 0 Å². The zero-order valence-corrected chi connectivity index (χ0v) is 12.2. The van der Waals surface area contributed by atoms with Gasteiger partial charge in [-0.15, -0.1) is 0 Å². The zero-order valence-electron chi connectivity index (χ0n) is 12.2. The minimum absolute atomic E-state index is 0.0546. The van der Waals surface area contributed by atoms with Crippen molar-refractivity contribution in [3.8, 4) is 0 Å². The number of anilines is 1. The summed E-state index contributed by atoms with van der Waals surface area (Å²) < 4.78 is 0. The predicted molar refractivity (Wildman–Crippen MR) is 79.3 cm³/mol. The topological polar surface area (TPSA) is 23.6 Å². The summed E-state index contributed by atoms with van der Waals surface area (Å²) in [5.41, 5.74) is 1.02. The van der Waals surface area contributed by atoms with E-state index in [4.69, 9.17) is 0 Å². The molecule has 1 unspecified atom stereocenters. The predicted octanol–water partition coefficient (Wildman–Crippen LogP) is 2.77. The first-order chi connectivity index (χ1) is 9.09. The standard InChI is InChI=1S/C16H24N2O/c1-13(2)9-11-17(3)15-10-12-18(16(15)19)14-7-5-4-6-8-14/h4-8,13,15H,9-12H2,1-3H3. The van der Waals surface area contributed by atoms with Crippen LogP contribution in [0.5, 0.6) is 0 Å². The Hall–Kier alpha value is -1.35. The van der Waals surface area contributed by atoms with Crippen LogP contribution in [0.1, 0.15) is 26.7 Å². The maximum atomic E-state index is 12.5. The van der Waals surface area contributed by atoms with Gasteiger partial charge >= 0.3 is 0 Å². The number of hydrogen-bond donors (Lipinski definition) is 0. The molecule has 0 spiro atoms. The molecule has 3 nitrogen and oxygen atoms in total. The van der Waals surface area contributed by atoms with E-state index in [9.17, 15) is 4.79 Å². The molecule has 2 rings (SSSR count). The van der Waals surface area contributed by atoms with Crippen LogP contribution in [-0.2, 0) is 4.79 Å². The van der Waals surface area contributed by atoms with Gasteiger partial charge in [-0.1, -0.05) is 32.0 Å². The highest BCUT2D eigenvalue weighted by atomic mass is 16.2. The molecule has 0 saturated carbocycles. The van der Waals surface area contributed by atoms with Crippen LogP contribution < -0.4 is 4.90 Å². The van der Waals surface area contributed by atoms with Gasteiger partial charge in [0.05, 0.1) is 6.04 Å². The number of carbonyl (C=O) groups excluding carboxylic acids is 1. The molecule has 1 heterocycles. The molecule has 1 aliphatic heterocycles. The summed E-state index contributed by atoms with van der Waals surface area (Å²) in [5, 5.41) is 0. The van der Waals surface area contributed by atoms with Gasteiger partial charge in [0.1, 0.15) is 0 Å². The summed E-state index contributed by atoms with van der Waals surface area (Å²) in [7, 11) is 2.07. The number of rotatable bonds is 5. The first-order valence-corrected chi connectivity index (χ1v) is 7.16. The highest BCUT2D eigenvalue weighted by molar-refractivity contribution is 5.99. The normalized spacial score (nSPS) is 19.7. The van der Waals surface area contributed by atoms with Crippen molar-refractivity contribution >= 4 is 11.6 Å². The molecule has 3 heteroatoms. The molecule has 1 amide bonds. The van der Waals surface area contributed by atoms with E-state index >= 15 is 0 Å². The average molecular weight is 260 g/mol. The summed E-state index contributed by atoms with van der Waals surface area (Å²) >= 11 is 0. The van der Waals surface area contributed by atoms with Gasteiger partial charge in [-0.3, -0.25) is 9.69 Å². The van der Waals surface area contributed by atoms with Crippen molar-refractivity contribution < 1.29 is 4.79 Å². The molecule has 19 heavy (non-hydrogen) atoms. The molecule has 0 radical (unpaired) electrons. The SMILES string of the molecule is CC(C)CCN(C)C1CCN(c2ccccc2)C1=O. The van der Waals surface area contributed by atoms with Crippen LogP contribution >= 0.6 is 0 Å². The smallest absolute Gasteiger partial charge is 0.244 e. The zero-order chi connectivity index (χ0) is 13.8. The van der Waals surface area contributed by atoms with E-state index in [0.717, 1.165) is 31.6 Å². The van der Waals surface area contributed by atoms with Crippen molar-refractivity contribution in [2.45, 2.75) is 32.7 Å². The van der Waals surface area contributed by atoms with E-state index in [-0.39, 0.29) is 11.9 Å². The highest BCUT2D eigenvalue weighted by Crippen LogP contribution is 2.23. The molecule has 104 valence electrons. The fourth-order valence-electron chi connectivity index (χ4n) is 2.56. The molecule has 1 aromatic rings. The van der Waals surface area contributed by atoms with Crippen LogP contribution in [0, 0.1) is 5.92 Å². The van der Waals surface area contributed by atoms with E-state index in [2.05, 4.69) is 25.8 Å². The summed E-state index contributed by atoms with van der Waals surface area (Å²) in [6, 6.07) is 10.0. The van der Waals surface area contributed by atoms with Crippen LogP contribution in [0.25, 0.3) is 0 Å². The molecule has 0 aromatic heterocycles. The van der Waals surface area contributed by atoms with Crippen LogP contribution in [0.2, 0.25) is 0 Å². The van der Waals surface area contributed by atoms with Gasteiger partial charge in [-0.2, -0.15) is 0 Å². The first kappa shape index (κ1) is 14.1. The lowest BCUT2D eigenvalue weighted by atomic mass is 10.1. The van der Waals surface area contributed by atoms with E-state index in [0.29, 0.717) is 5.92 Å². The highest BCUT2D eigenvalue weighted by Gasteiger charge is 2.34. The molecule has 1 aliphatic rings. The van der Waals surface area contributed by atoms with Crippen molar-refractivity contribution in [1.82, 2.24) is 4.90 Å². The van der Waals surface area contributed by atoms with Crippen molar-refractivity contribution in [3.05, 3.63) is 30.3 Å². The first-order valence-electron chi connectivity index (χ1n) is 7.16. The molecule has 0 bridgehead atoms. The molecule has 1 atom stereocenters. The second-order valence-electron chi connectivity index (χ2n) is 5.79. The Morgan fingerprint density at radius 1 is 1.32 bits per heavy atom. The maximum Gasteiger partial charge on any atom is 0.244 e. The summed E-state index contributed by atoms with van der Waals surface area (Å²) in [6.45, 7) is 6.28. The van der Waals surface area contributed by atoms with Crippen LogP contribution in [0.4, 0.5) is 5.69 Å². The molecule has 1 fully saturated rings. The van der Waals surface area contributed by atoms with E-state index < -0.39 is 0 Å². The Morgan fingerprint density at radius 2 is 2.00 bits per heavy atom. The number of amides is 1. The van der Waals surface area contributed by atoms with E-state index in [1.54, 1.807) is 0 Å². The summed E-state index contributed by atoms with van der Waals surface area (Å²) in [6.07, 6.45) is 2.08. The lowest BCUT2D eigenvalue weighted by molar-refractivity contribution is -0.121. The summed E-state index contributed by atoms with van der Waals surface area (Å²) in [5.74, 6) is 0.932. The second kappa shape index (κ2) is 6.20. The Morgan fingerprint density at radius 3 is 2.63 bits per heavy atom. The molecule has 1 saturated heterocycles. The number of carbonyl (C=O) groups is 1. The molecule has 0 aliphatic carbocycles. The number of nitrogens with zero attached hydrogens (tertiary/aromatic N) is 2. The number of para-hydroxylation sites is 1. The van der Waals surface area contributed by atoms with Gasteiger partial charge in [0, 0.05) is 12.2 Å². The van der Waals surface area contributed by atoms with Crippen LogP contribution in [0.3, 0.4) is 0 Å². The van der Waals surface area contributed by atoms with E-state index in [1.165, 1.54) is 0 Å². The lowest BCUT2D eigenvalue weighted by Gasteiger charge is -2.24. The Bertz CT molecular complexity index is 416. The van der Waals surface area contributed by atoms with Crippen LogP contribution in [-0.4, -0.2) is 37.0 Å². The quantitative estimate of drug-likeness (QED) is 0.812. The summed E-state index contributed by atoms with van der Waals surface area (Å²) in [4.78, 5) is 16.6. The monoisotopic (exact) mass is 260 g/mol. The maximum absolute atomic E-state index is 12.5. The van der Waals surface area contributed by atoms with Crippen molar-refractivity contribution in [1.29, 1.82) is 0 Å². The third kappa shape index (κ3) is 3.35. The fraction of sp³-hybridized carbons (Fsp3) is 0.562. The third-order valence-corrected chi connectivity index (χ3v) is 3.84. The molecule has 0 N–H and O–H groups in total. The fourth-order valence-corrected chi connectivity index (χ4v) is 2.56. The van der Waals surface area contributed by atoms with E-state index in [1.807, 2.05) is 35.2 Å². The van der Waals surface area contributed by atoms with Gasteiger partial charge in [0.15, 0.2) is 0 Å². The van der Waals surface area contributed by atoms with Crippen LogP contribution in [0.15, 0.2) is 30.3 Å². The molecular formula is C16H24N2O.